The van der Waals surface area contributed by atoms with Gasteiger partial charge in [-0.2, -0.15) is 0 Å². The Labute approximate surface area is 152 Å². The molecule has 2 amide bonds. The van der Waals surface area contributed by atoms with Gasteiger partial charge in [0.2, 0.25) is 11.8 Å². The van der Waals surface area contributed by atoms with Crippen LogP contribution < -0.4 is 0 Å². The smallest absolute Gasteiger partial charge is 0.246 e. The van der Waals surface area contributed by atoms with Crippen LogP contribution in [0.15, 0.2) is 29.5 Å². The third-order valence-electron chi connectivity index (χ3n) is 5.59. The van der Waals surface area contributed by atoms with E-state index in [-0.39, 0.29) is 24.3 Å². The van der Waals surface area contributed by atoms with E-state index in [2.05, 4.69) is 9.55 Å². The fourth-order valence-corrected chi connectivity index (χ4v) is 4.24. The molecule has 7 nitrogen and oxygen atoms in total. The average Bonchev–Trinajstić information content (AvgIpc) is 3.32. The Kier molecular flexibility index (Phi) is 4.40. The molecule has 0 spiro atoms. The first-order chi connectivity index (χ1) is 12.6. The zero-order valence-electron chi connectivity index (χ0n) is 15.0. The molecule has 0 saturated heterocycles. The maximum atomic E-state index is 13.1. The van der Waals surface area contributed by atoms with Gasteiger partial charge in [-0.05, 0) is 30.9 Å². The van der Waals surface area contributed by atoms with Gasteiger partial charge in [0, 0.05) is 50.7 Å². The first kappa shape index (κ1) is 17.0. The van der Waals surface area contributed by atoms with Crippen molar-refractivity contribution in [2.45, 2.75) is 32.2 Å². The van der Waals surface area contributed by atoms with Crippen LogP contribution in [-0.2, 0) is 16.1 Å². The second kappa shape index (κ2) is 6.72. The second-order valence-corrected chi connectivity index (χ2v) is 7.28. The summed E-state index contributed by atoms with van der Waals surface area (Å²) < 4.78 is 2.16. The molecule has 3 aliphatic heterocycles. The molecular formula is C19H24N4O3. The SMILES string of the molecule is Cc1cnc2n1CCCC2C(=O)N1CC2=C(CN(C(=O)/C=C/CO)C2)C1. The topological polar surface area (TPSA) is 78.7 Å². The van der Waals surface area contributed by atoms with Crippen LogP contribution in [0.1, 0.15) is 30.3 Å². The molecule has 0 radical (unpaired) electrons. The van der Waals surface area contributed by atoms with Crippen molar-refractivity contribution in [2.75, 3.05) is 32.8 Å². The van der Waals surface area contributed by atoms with Gasteiger partial charge >= 0.3 is 0 Å². The highest BCUT2D eigenvalue weighted by Gasteiger charge is 2.38. The number of aliphatic hydroxyl groups excluding tert-OH is 1. The highest BCUT2D eigenvalue weighted by atomic mass is 16.2. The molecule has 4 heterocycles. The monoisotopic (exact) mass is 356 g/mol. The van der Waals surface area contributed by atoms with Crippen molar-refractivity contribution >= 4 is 11.8 Å². The van der Waals surface area contributed by atoms with E-state index in [4.69, 9.17) is 5.11 Å². The lowest BCUT2D eigenvalue weighted by Gasteiger charge is -2.29. The van der Waals surface area contributed by atoms with Gasteiger partial charge in [-0.15, -0.1) is 0 Å². The van der Waals surface area contributed by atoms with Crippen molar-refractivity contribution in [2.24, 2.45) is 0 Å². The minimum absolute atomic E-state index is 0.0869. The number of aromatic nitrogens is 2. The van der Waals surface area contributed by atoms with Gasteiger partial charge < -0.3 is 19.5 Å². The summed E-state index contributed by atoms with van der Waals surface area (Å²) in [6.45, 7) is 5.21. The molecule has 0 fully saturated rings. The molecule has 0 saturated carbocycles. The summed E-state index contributed by atoms with van der Waals surface area (Å²) in [5.41, 5.74) is 3.48. The molecule has 0 aliphatic carbocycles. The molecule has 7 heteroatoms. The van der Waals surface area contributed by atoms with Gasteiger partial charge in [0.05, 0.1) is 12.5 Å². The van der Waals surface area contributed by atoms with Crippen LogP contribution in [-0.4, -0.2) is 69.1 Å². The number of nitrogens with zero attached hydrogens (tertiary/aromatic N) is 4. The van der Waals surface area contributed by atoms with Crippen LogP contribution in [0.3, 0.4) is 0 Å². The van der Waals surface area contributed by atoms with Crippen LogP contribution >= 0.6 is 0 Å². The molecule has 1 N–H and O–H groups in total. The first-order valence-electron chi connectivity index (χ1n) is 9.15. The third-order valence-corrected chi connectivity index (χ3v) is 5.59. The van der Waals surface area contributed by atoms with Gasteiger partial charge in [0.25, 0.3) is 0 Å². The molecule has 1 atom stereocenters. The average molecular weight is 356 g/mol. The number of imidazole rings is 1. The Bertz CT molecular complexity index is 790. The van der Waals surface area contributed by atoms with Crippen LogP contribution in [0.2, 0.25) is 0 Å². The summed E-state index contributed by atoms with van der Waals surface area (Å²) in [6.07, 6.45) is 6.57. The standard InChI is InChI=1S/C19H24N4O3/c1-13-8-20-18-16(4-2-6-23(13)18)19(26)22-11-14-9-21(10-15(14)12-22)17(25)5-3-7-24/h3,5,8,16,24H,2,4,6-7,9-12H2,1H3/b5-3+. The Morgan fingerprint density at radius 3 is 2.62 bits per heavy atom. The van der Waals surface area contributed by atoms with Crippen molar-refractivity contribution in [3.05, 3.63) is 41.0 Å². The number of hydrogen-bond acceptors (Lipinski definition) is 4. The number of aryl methyl sites for hydroxylation is 1. The van der Waals surface area contributed by atoms with Crippen molar-refractivity contribution < 1.29 is 14.7 Å². The van der Waals surface area contributed by atoms with Gasteiger partial charge in [-0.3, -0.25) is 9.59 Å². The summed E-state index contributed by atoms with van der Waals surface area (Å²) in [6, 6.07) is 0. The number of carbonyl (C=O) groups excluding carboxylic acids is 2. The van der Waals surface area contributed by atoms with Crippen LogP contribution in [0.25, 0.3) is 0 Å². The maximum Gasteiger partial charge on any atom is 0.246 e. The van der Waals surface area contributed by atoms with E-state index in [9.17, 15) is 9.59 Å². The van der Waals surface area contributed by atoms with E-state index in [1.54, 1.807) is 4.90 Å². The number of fused-ring (bicyclic) bond motifs is 1. The van der Waals surface area contributed by atoms with Gasteiger partial charge in [-0.1, -0.05) is 6.08 Å². The van der Waals surface area contributed by atoms with E-state index in [1.807, 2.05) is 18.0 Å². The van der Waals surface area contributed by atoms with Crippen molar-refractivity contribution in [1.29, 1.82) is 0 Å². The highest BCUT2D eigenvalue weighted by Crippen LogP contribution is 2.32. The second-order valence-electron chi connectivity index (χ2n) is 7.28. The normalized spacial score (nSPS) is 22.3. The molecular weight excluding hydrogens is 332 g/mol. The molecule has 1 aromatic rings. The third kappa shape index (κ3) is 2.86. The van der Waals surface area contributed by atoms with Crippen molar-refractivity contribution in [3.8, 4) is 0 Å². The Morgan fingerprint density at radius 2 is 1.92 bits per heavy atom. The predicted octanol–water partition coefficient (Wildman–Crippen LogP) is 0.598. The number of carbonyl (C=O) groups is 2. The van der Waals surface area contributed by atoms with Crippen LogP contribution in [0, 0.1) is 6.92 Å². The molecule has 1 unspecified atom stereocenters. The van der Waals surface area contributed by atoms with Crippen molar-refractivity contribution in [1.82, 2.24) is 19.4 Å². The first-order valence-corrected chi connectivity index (χ1v) is 9.15. The Balaban J connectivity index is 1.40. The fourth-order valence-electron chi connectivity index (χ4n) is 4.24. The minimum atomic E-state index is -0.150. The summed E-state index contributed by atoms with van der Waals surface area (Å²) in [5.74, 6) is 0.819. The number of amides is 2. The van der Waals surface area contributed by atoms with Gasteiger partial charge in [-0.25, -0.2) is 4.98 Å². The molecule has 0 aromatic carbocycles. The van der Waals surface area contributed by atoms with E-state index < -0.39 is 0 Å². The maximum absolute atomic E-state index is 13.1. The predicted molar refractivity (Wildman–Crippen MR) is 95.4 cm³/mol. The summed E-state index contributed by atoms with van der Waals surface area (Å²) >= 11 is 0. The van der Waals surface area contributed by atoms with Gasteiger partial charge in [0.15, 0.2) is 0 Å². The molecule has 1 aromatic heterocycles. The zero-order chi connectivity index (χ0) is 18.3. The molecule has 3 aliphatic rings. The fraction of sp³-hybridized carbons (Fsp3) is 0.526. The summed E-state index contributed by atoms with van der Waals surface area (Å²) in [5, 5.41) is 8.79. The van der Waals surface area contributed by atoms with Crippen LogP contribution in [0.4, 0.5) is 0 Å². The van der Waals surface area contributed by atoms with Crippen LogP contribution in [0.5, 0.6) is 0 Å². The molecule has 4 rings (SSSR count). The number of aliphatic hydroxyl groups is 1. The largest absolute Gasteiger partial charge is 0.392 e. The number of hydrogen-bond donors (Lipinski definition) is 1. The molecule has 26 heavy (non-hydrogen) atoms. The van der Waals surface area contributed by atoms with Gasteiger partial charge in [0.1, 0.15) is 5.82 Å². The number of rotatable bonds is 3. The van der Waals surface area contributed by atoms with E-state index in [1.165, 1.54) is 23.3 Å². The Hall–Kier alpha value is -2.41. The Morgan fingerprint density at radius 1 is 1.23 bits per heavy atom. The molecule has 0 bridgehead atoms. The lowest BCUT2D eigenvalue weighted by atomic mass is 9.97. The molecule has 138 valence electrons. The highest BCUT2D eigenvalue weighted by molar-refractivity contribution is 5.89. The van der Waals surface area contributed by atoms with E-state index in [0.717, 1.165) is 30.9 Å². The minimum Gasteiger partial charge on any atom is -0.392 e. The zero-order valence-corrected chi connectivity index (χ0v) is 15.0. The van der Waals surface area contributed by atoms with E-state index >= 15 is 0 Å². The lowest BCUT2D eigenvalue weighted by Crippen LogP contribution is -2.39. The quantitative estimate of drug-likeness (QED) is 0.635. The van der Waals surface area contributed by atoms with E-state index in [0.29, 0.717) is 26.2 Å². The summed E-state index contributed by atoms with van der Waals surface area (Å²) in [4.78, 5) is 33.3. The lowest BCUT2D eigenvalue weighted by molar-refractivity contribution is -0.132. The van der Waals surface area contributed by atoms with Crippen molar-refractivity contribution in [3.63, 3.8) is 0 Å². The summed E-state index contributed by atoms with van der Waals surface area (Å²) in [7, 11) is 0.